The molecule has 5 N–H and O–H groups in total. The molecule has 1 rings (SSSR count). The van der Waals surface area contributed by atoms with Crippen LogP contribution in [-0.4, -0.2) is 33.9 Å². The molecule has 1 aromatic rings. The van der Waals surface area contributed by atoms with Crippen molar-refractivity contribution in [2.75, 3.05) is 0 Å². The molecule has 0 spiro atoms. The van der Waals surface area contributed by atoms with Gasteiger partial charge in [-0.1, -0.05) is 0 Å². The largest absolute Gasteiger partial charge is 0.480 e. The Kier molecular flexibility index (Phi) is 4.63. The molecular weight excluding hydrogens is 266 g/mol. The molecule has 0 radical (unpaired) electrons. The Bertz CT molecular complexity index is 620. The van der Waals surface area contributed by atoms with Crippen LogP contribution in [-0.2, 0) is 9.59 Å². The minimum absolute atomic E-state index is 0.189. The maximum Gasteiger partial charge on any atom is 0.326 e. The number of carbonyl (C=O) groups is 3. The van der Waals surface area contributed by atoms with Gasteiger partial charge in [-0.15, -0.1) is 0 Å². The average Bonchev–Trinajstić information content (AvgIpc) is 2.25. The zero-order chi connectivity index (χ0) is 15.4. The molecule has 8 heteroatoms. The van der Waals surface area contributed by atoms with Crippen LogP contribution >= 0.6 is 0 Å². The molecule has 20 heavy (non-hydrogen) atoms. The van der Waals surface area contributed by atoms with Gasteiger partial charge in [0.2, 0.25) is 5.91 Å². The lowest BCUT2D eigenvalue weighted by molar-refractivity contribution is -0.140. The number of hydrogen-bond acceptors (Lipinski definition) is 4. The van der Waals surface area contributed by atoms with Crippen LogP contribution in [0.4, 0.5) is 0 Å². The number of aliphatic carboxylic acids is 1. The fraction of sp³-hybridized carbons (Fsp3) is 0.333. The summed E-state index contributed by atoms with van der Waals surface area (Å²) in [4.78, 5) is 47.8. The number of nitrogens with two attached hydrogens (primary N) is 1. The predicted octanol–water partition coefficient (Wildman–Crippen LogP) is -0.950. The van der Waals surface area contributed by atoms with Gasteiger partial charge < -0.3 is 21.1 Å². The molecule has 0 bridgehead atoms. The molecule has 1 aromatic heterocycles. The number of hydrogen-bond donors (Lipinski definition) is 4. The minimum atomic E-state index is -1.47. The second-order valence-electron chi connectivity index (χ2n) is 4.37. The summed E-state index contributed by atoms with van der Waals surface area (Å²) in [6, 6.07) is 0.111. The van der Waals surface area contributed by atoms with E-state index in [2.05, 4.69) is 10.3 Å². The number of carboxylic acids is 1. The lowest BCUT2D eigenvalue weighted by atomic mass is 10.1. The van der Waals surface area contributed by atoms with E-state index in [0.29, 0.717) is 11.3 Å². The molecule has 0 aliphatic heterocycles. The van der Waals surface area contributed by atoms with Gasteiger partial charge in [0.1, 0.15) is 11.6 Å². The van der Waals surface area contributed by atoms with Crippen LogP contribution in [0.15, 0.2) is 10.9 Å². The third-order valence-corrected chi connectivity index (χ3v) is 2.60. The number of aryl methyl sites for hydroxylation is 2. The number of H-pyrrole nitrogens is 1. The van der Waals surface area contributed by atoms with Gasteiger partial charge >= 0.3 is 5.97 Å². The number of carboxylic acid groups (broad SMARTS) is 1. The van der Waals surface area contributed by atoms with Gasteiger partial charge in [-0.05, 0) is 25.5 Å². The predicted molar refractivity (Wildman–Crippen MR) is 69.2 cm³/mol. The van der Waals surface area contributed by atoms with Crippen molar-refractivity contribution in [1.29, 1.82) is 0 Å². The SMILES string of the molecule is Cc1cc(C)c(C(=O)N[C@@H](CC(N)=O)C(=O)O)c(=O)[nH]1. The van der Waals surface area contributed by atoms with E-state index in [9.17, 15) is 19.2 Å². The lowest BCUT2D eigenvalue weighted by Crippen LogP contribution is -2.45. The third kappa shape index (κ3) is 3.67. The van der Waals surface area contributed by atoms with Crippen LogP contribution in [0.25, 0.3) is 0 Å². The smallest absolute Gasteiger partial charge is 0.326 e. The number of aromatic nitrogens is 1. The van der Waals surface area contributed by atoms with Crippen molar-refractivity contribution in [3.63, 3.8) is 0 Å². The third-order valence-electron chi connectivity index (χ3n) is 2.60. The number of nitrogens with one attached hydrogen (secondary N) is 2. The molecule has 0 aliphatic rings. The summed E-state index contributed by atoms with van der Waals surface area (Å²) in [6.07, 6.45) is -0.552. The highest BCUT2D eigenvalue weighted by atomic mass is 16.4. The molecule has 8 nitrogen and oxygen atoms in total. The van der Waals surface area contributed by atoms with E-state index in [4.69, 9.17) is 10.8 Å². The van der Waals surface area contributed by atoms with E-state index in [-0.39, 0.29) is 5.56 Å². The van der Waals surface area contributed by atoms with Crippen molar-refractivity contribution in [2.24, 2.45) is 5.73 Å². The number of rotatable bonds is 5. The lowest BCUT2D eigenvalue weighted by Gasteiger charge is -2.13. The molecule has 0 saturated carbocycles. The highest BCUT2D eigenvalue weighted by molar-refractivity contribution is 5.98. The Morgan fingerprint density at radius 3 is 2.45 bits per heavy atom. The van der Waals surface area contributed by atoms with E-state index in [0.717, 1.165) is 0 Å². The van der Waals surface area contributed by atoms with Gasteiger partial charge in [-0.25, -0.2) is 4.79 Å². The topological polar surface area (TPSA) is 142 Å². The molecule has 0 saturated heterocycles. The molecular formula is C12H15N3O5. The molecule has 108 valence electrons. The molecule has 2 amide bonds. The first kappa shape index (κ1) is 15.4. The first-order chi connectivity index (χ1) is 9.22. The summed E-state index contributed by atoms with van der Waals surface area (Å²) in [6.45, 7) is 3.21. The molecule has 0 unspecified atom stereocenters. The van der Waals surface area contributed by atoms with Crippen molar-refractivity contribution in [2.45, 2.75) is 26.3 Å². The number of primary amides is 1. The van der Waals surface area contributed by atoms with Gasteiger partial charge in [-0.3, -0.25) is 14.4 Å². The number of aromatic amines is 1. The van der Waals surface area contributed by atoms with Gasteiger partial charge in [-0.2, -0.15) is 0 Å². The Morgan fingerprint density at radius 2 is 2.00 bits per heavy atom. The van der Waals surface area contributed by atoms with Crippen molar-refractivity contribution < 1.29 is 19.5 Å². The Labute approximate surface area is 114 Å². The number of amides is 2. The maximum atomic E-state index is 11.9. The van der Waals surface area contributed by atoms with Crippen molar-refractivity contribution >= 4 is 17.8 Å². The fourth-order valence-electron chi connectivity index (χ4n) is 1.77. The quantitative estimate of drug-likeness (QED) is 0.550. The zero-order valence-corrected chi connectivity index (χ0v) is 11.0. The maximum absolute atomic E-state index is 11.9. The molecule has 0 aromatic carbocycles. The van der Waals surface area contributed by atoms with Crippen molar-refractivity contribution in [3.8, 4) is 0 Å². The van der Waals surface area contributed by atoms with E-state index < -0.39 is 35.8 Å². The summed E-state index contributed by atoms with van der Waals surface area (Å²) in [5.41, 5.74) is 5.08. The standard InChI is InChI=1S/C12H15N3O5/c1-5-3-6(2)14-10(17)9(5)11(18)15-7(12(19)20)4-8(13)16/h3,7H,4H2,1-2H3,(H2,13,16)(H,14,17)(H,15,18)(H,19,20)/t7-/m0/s1. The molecule has 0 aliphatic carbocycles. The average molecular weight is 281 g/mol. The molecule has 1 atom stereocenters. The Morgan fingerprint density at radius 1 is 1.40 bits per heavy atom. The first-order valence-corrected chi connectivity index (χ1v) is 5.75. The molecule has 0 fully saturated rings. The summed E-state index contributed by atoms with van der Waals surface area (Å²) >= 11 is 0. The second-order valence-corrected chi connectivity index (χ2v) is 4.37. The summed E-state index contributed by atoms with van der Waals surface area (Å²) in [7, 11) is 0. The van der Waals surface area contributed by atoms with Gasteiger partial charge in [0.05, 0.1) is 6.42 Å². The fourth-order valence-corrected chi connectivity index (χ4v) is 1.77. The minimum Gasteiger partial charge on any atom is -0.480 e. The second kappa shape index (κ2) is 6.00. The van der Waals surface area contributed by atoms with Crippen LogP contribution in [0.1, 0.15) is 28.0 Å². The molecule has 1 heterocycles. The van der Waals surface area contributed by atoms with Crippen LogP contribution < -0.4 is 16.6 Å². The Hall–Kier alpha value is -2.64. The summed E-state index contributed by atoms with van der Waals surface area (Å²) < 4.78 is 0. The Balaban J connectivity index is 3.04. The van der Waals surface area contributed by atoms with Crippen LogP contribution in [0.5, 0.6) is 0 Å². The van der Waals surface area contributed by atoms with Crippen molar-refractivity contribution in [1.82, 2.24) is 10.3 Å². The summed E-state index contributed by atoms with van der Waals surface area (Å²) in [5.74, 6) is -3.14. The monoisotopic (exact) mass is 281 g/mol. The van der Waals surface area contributed by atoms with Crippen LogP contribution in [0.3, 0.4) is 0 Å². The highest BCUT2D eigenvalue weighted by Crippen LogP contribution is 2.04. The van der Waals surface area contributed by atoms with E-state index in [1.54, 1.807) is 19.9 Å². The van der Waals surface area contributed by atoms with E-state index in [1.807, 2.05) is 0 Å². The zero-order valence-electron chi connectivity index (χ0n) is 11.0. The van der Waals surface area contributed by atoms with E-state index in [1.165, 1.54) is 0 Å². The number of carbonyl (C=O) groups excluding carboxylic acids is 2. The number of pyridine rings is 1. The van der Waals surface area contributed by atoms with Gasteiger partial charge in [0.25, 0.3) is 11.5 Å². The van der Waals surface area contributed by atoms with Gasteiger partial charge in [0.15, 0.2) is 0 Å². The van der Waals surface area contributed by atoms with Crippen molar-refractivity contribution in [3.05, 3.63) is 33.2 Å². The van der Waals surface area contributed by atoms with Gasteiger partial charge in [0, 0.05) is 5.69 Å². The normalized spacial score (nSPS) is 11.7. The summed E-state index contributed by atoms with van der Waals surface area (Å²) in [5, 5.41) is 11.0. The van der Waals surface area contributed by atoms with Crippen LogP contribution in [0.2, 0.25) is 0 Å². The first-order valence-electron chi connectivity index (χ1n) is 5.75. The highest BCUT2D eigenvalue weighted by Gasteiger charge is 2.24. The van der Waals surface area contributed by atoms with E-state index >= 15 is 0 Å². The van der Waals surface area contributed by atoms with Crippen LogP contribution in [0, 0.1) is 13.8 Å².